The van der Waals surface area contributed by atoms with Crippen molar-refractivity contribution in [3.63, 3.8) is 0 Å². The van der Waals surface area contributed by atoms with Crippen LogP contribution in [-0.4, -0.2) is 57.2 Å². The van der Waals surface area contributed by atoms with Gasteiger partial charge in [0.05, 0.1) is 18.3 Å². The molecule has 0 saturated heterocycles. The van der Waals surface area contributed by atoms with Gasteiger partial charge >= 0.3 is 6.09 Å². The van der Waals surface area contributed by atoms with Crippen molar-refractivity contribution in [2.75, 3.05) is 13.2 Å². The molecule has 0 bridgehead atoms. The van der Waals surface area contributed by atoms with Gasteiger partial charge in [0.1, 0.15) is 11.9 Å². The minimum Gasteiger partial charge on any atom is -0.410 e. The van der Waals surface area contributed by atoms with E-state index in [4.69, 9.17) is 10.5 Å². The molecule has 3 saturated carbocycles. The number of ketones is 1. The summed E-state index contributed by atoms with van der Waals surface area (Å²) in [6.07, 6.45) is 12.1. The molecule has 1 spiro atoms. The van der Waals surface area contributed by atoms with Crippen molar-refractivity contribution in [3.05, 3.63) is 88.1 Å². The SMILES string of the molecule is C=C(C=CC=C(CO)C1CC2CCCC3(O)CCC(=C(C)C(=O)Cc4cccc5c4OC(=O)NC5N)C(CCCO)C23C1O)CCC=C(C)C. The quantitative estimate of drug-likeness (QED) is 0.0832. The second-order valence-corrected chi connectivity index (χ2v) is 15.1. The van der Waals surface area contributed by atoms with E-state index in [1.165, 1.54) is 5.57 Å². The first-order valence-corrected chi connectivity index (χ1v) is 18.3. The molecule has 1 aromatic rings. The third kappa shape index (κ3) is 7.21. The van der Waals surface area contributed by atoms with Gasteiger partial charge in [-0.1, -0.05) is 72.2 Å². The van der Waals surface area contributed by atoms with E-state index in [9.17, 15) is 30.0 Å². The predicted molar refractivity (Wildman–Crippen MR) is 194 cm³/mol. The summed E-state index contributed by atoms with van der Waals surface area (Å²) in [6.45, 7) is 9.87. The van der Waals surface area contributed by atoms with E-state index < -0.39 is 29.4 Å². The minimum absolute atomic E-state index is 0.000461. The second-order valence-electron chi connectivity index (χ2n) is 15.1. The Kier molecular flexibility index (Phi) is 12.1. The number of hydrogen-bond donors (Lipinski definition) is 6. The standard InChI is InChI=1S/C41H56N2O7/c1-25(2)10-5-11-26(3)12-6-14-29(24-45)33-23-30-15-8-19-40(49)20-18-31(34(17-9-21-44)41(30,40)37(33)47)27(4)35(46)22-28-13-7-16-32-36(28)50-39(48)43-38(32)42/h6-7,10,12-14,16,30,33-34,37-38,44-45,47,49H,3,5,8-9,11,15,17-24,42H2,1-2,4H3,(H,43,48). The van der Waals surface area contributed by atoms with Gasteiger partial charge in [-0.3, -0.25) is 4.79 Å². The van der Waals surface area contributed by atoms with E-state index in [-0.39, 0.29) is 43.2 Å². The number of ether oxygens (including phenoxy) is 1. The second kappa shape index (κ2) is 15.9. The van der Waals surface area contributed by atoms with Crippen molar-refractivity contribution in [2.45, 2.75) is 109 Å². The predicted octanol–water partition coefficient (Wildman–Crippen LogP) is 6.03. The van der Waals surface area contributed by atoms with Gasteiger partial charge in [-0.05, 0) is 102 Å². The lowest BCUT2D eigenvalue weighted by Crippen LogP contribution is -2.65. The Bertz CT molecular complexity index is 1590. The van der Waals surface area contributed by atoms with Crippen molar-refractivity contribution in [3.8, 4) is 5.75 Å². The number of carbonyl (C=O) groups is 2. The molecule has 1 heterocycles. The number of fused-ring (bicyclic) bond motifs is 1. The number of amides is 1. The van der Waals surface area contributed by atoms with Crippen molar-refractivity contribution >= 4 is 11.9 Å². The number of nitrogens with one attached hydrogen (secondary N) is 1. The van der Waals surface area contributed by atoms with E-state index in [1.807, 2.05) is 25.2 Å². The summed E-state index contributed by atoms with van der Waals surface area (Å²) < 4.78 is 5.47. The van der Waals surface area contributed by atoms with Crippen molar-refractivity contribution in [2.24, 2.45) is 28.9 Å². The van der Waals surface area contributed by atoms with Gasteiger partial charge in [0, 0.05) is 35.5 Å². The van der Waals surface area contributed by atoms with E-state index in [0.29, 0.717) is 61.0 Å². The molecule has 3 aliphatic carbocycles. The van der Waals surface area contributed by atoms with E-state index in [2.05, 4.69) is 31.8 Å². The molecule has 0 radical (unpaired) electrons. The monoisotopic (exact) mass is 688 g/mol. The lowest BCUT2D eigenvalue weighted by atomic mass is 9.45. The van der Waals surface area contributed by atoms with Crippen LogP contribution in [0.15, 0.2) is 76.9 Å². The lowest BCUT2D eigenvalue weighted by Gasteiger charge is -2.61. The summed E-state index contributed by atoms with van der Waals surface area (Å²) in [6, 6.07) is 5.32. The van der Waals surface area contributed by atoms with Gasteiger partial charge in [0.2, 0.25) is 0 Å². The minimum atomic E-state index is -1.15. The number of para-hydroxylation sites is 1. The highest BCUT2D eigenvalue weighted by Crippen LogP contribution is 2.69. The van der Waals surface area contributed by atoms with Crippen LogP contribution >= 0.6 is 0 Å². The van der Waals surface area contributed by atoms with Crippen molar-refractivity contribution in [1.82, 2.24) is 5.32 Å². The van der Waals surface area contributed by atoms with Gasteiger partial charge in [0.15, 0.2) is 5.78 Å². The molecule has 9 heteroatoms. The summed E-state index contributed by atoms with van der Waals surface area (Å²) in [7, 11) is 0. The average molecular weight is 689 g/mol. The Balaban J connectivity index is 1.49. The maximum absolute atomic E-state index is 14.1. The molecule has 1 aliphatic heterocycles. The van der Waals surface area contributed by atoms with Crippen molar-refractivity contribution < 1.29 is 34.8 Å². The molecular weight excluding hydrogens is 632 g/mol. The Labute approximate surface area is 296 Å². The number of carbonyl (C=O) groups excluding carboxylic acids is 2. The number of benzene rings is 1. The first-order valence-electron chi connectivity index (χ1n) is 18.3. The van der Waals surface area contributed by atoms with Crippen LogP contribution in [-0.2, 0) is 11.2 Å². The summed E-state index contributed by atoms with van der Waals surface area (Å²) in [5, 5.41) is 48.3. The number of aliphatic hydroxyl groups excluding tert-OH is 3. The van der Waals surface area contributed by atoms with Crippen LogP contribution in [0.2, 0.25) is 0 Å². The number of aliphatic hydroxyl groups is 4. The molecule has 5 rings (SSSR count). The molecule has 1 amide bonds. The zero-order valence-electron chi connectivity index (χ0n) is 29.9. The highest BCUT2D eigenvalue weighted by molar-refractivity contribution is 5.97. The Morgan fingerprint density at radius 1 is 1.20 bits per heavy atom. The van der Waals surface area contributed by atoms with Gasteiger partial charge < -0.3 is 36.2 Å². The number of hydrogen-bond acceptors (Lipinski definition) is 8. The third-order valence-electron chi connectivity index (χ3n) is 12.0. The first kappa shape index (κ1) is 37.9. The number of rotatable bonds is 13. The smallest absolute Gasteiger partial charge is 0.410 e. The van der Waals surface area contributed by atoms with Gasteiger partial charge in [-0.15, -0.1) is 0 Å². The zero-order chi connectivity index (χ0) is 36.2. The normalized spacial score (nSPS) is 31.6. The van der Waals surface area contributed by atoms with E-state index in [0.717, 1.165) is 42.4 Å². The maximum atomic E-state index is 14.1. The Morgan fingerprint density at radius 2 is 1.98 bits per heavy atom. The first-order chi connectivity index (χ1) is 23.9. The Morgan fingerprint density at radius 3 is 2.70 bits per heavy atom. The van der Waals surface area contributed by atoms with Crippen LogP contribution in [0.3, 0.4) is 0 Å². The summed E-state index contributed by atoms with van der Waals surface area (Å²) in [4.78, 5) is 26.2. The number of allylic oxidation sites excluding steroid dienone is 8. The molecule has 4 aliphatic rings. The van der Waals surface area contributed by atoms with Crippen LogP contribution in [0.1, 0.15) is 102 Å². The molecule has 272 valence electrons. The fourth-order valence-corrected chi connectivity index (χ4v) is 9.70. The highest BCUT2D eigenvalue weighted by atomic mass is 16.6. The fourth-order valence-electron chi connectivity index (χ4n) is 9.70. The van der Waals surface area contributed by atoms with Crippen LogP contribution in [0.5, 0.6) is 5.75 Å². The molecule has 7 N–H and O–H groups in total. The largest absolute Gasteiger partial charge is 0.414 e. The molecule has 3 fully saturated rings. The third-order valence-corrected chi connectivity index (χ3v) is 12.0. The number of nitrogens with two attached hydrogens (primary N) is 1. The summed E-state index contributed by atoms with van der Waals surface area (Å²) >= 11 is 0. The average Bonchev–Trinajstić information content (AvgIpc) is 3.37. The van der Waals surface area contributed by atoms with E-state index >= 15 is 0 Å². The topological polar surface area (TPSA) is 162 Å². The molecule has 7 unspecified atom stereocenters. The molecule has 1 aromatic carbocycles. The summed E-state index contributed by atoms with van der Waals surface area (Å²) in [5.74, 6) is -0.564. The van der Waals surface area contributed by atoms with Crippen LogP contribution in [0.4, 0.5) is 4.79 Å². The summed E-state index contributed by atoms with van der Waals surface area (Å²) in [5.41, 5.74) is 9.66. The van der Waals surface area contributed by atoms with Gasteiger partial charge in [0.25, 0.3) is 0 Å². The van der Waals surface area contributed by atoms with E-state index in [1.54, 1.807) is 18.2 Å². The zero-order valence-corrected chi connectivity index (χ0v) is 29.9. The number of Topliss-reactive ketones (excluding diaryl/α,β-unsaturated/α-hetero) is 1. The lowest BCUT2D eigenvalue weighted by molar-refractivity contribution is -0.215. The molecule has 7 atom stereocenters. The van der Waals surface area contributed by atoms with Crippen LogP contribution in [0.25, 0.3) is 0 Å². The fraction of sp³-hybridized carbons (Fsp3) is 0.561. The molecule has 50 heavy (non-hydrogen) atoms. The molecule has 0 aromatic heterocycles. The molecular formula is C41H56N2O7. The van der Waals surface area contributed by atoms with Crippen molar-refractivity contribution in [1.29, 1.82) is 0 Å². The van der Waals surface area contributed by atoms with Gasteiger partial charge in [-0.2, -0.15) is 0 Å². The van der Waals surface area contributed by atoms with Crippen LogP contribution in [0, 0.1) is 23.2 Å². The highest BCUT2D eigenvalue weighted by Gasteiger charge is 2.70. The Hall–Kier alpha value is -3.34. The van der Waals surface area contributed by atoms with Gasteiger partial charge in [-0.25, -0.2) is 4.79 Å². The molecule has 9 nitrogen and oxygen atoms in total. The maximum Gasteiger partial charge on any atom is 0.414 e. The van der Waals surface area contributed by atoms with Crippen LogP contribution < -0.4 is 15.8 Å².